The van der Waals surface area contributed by atoms with Crippen LogP contribution >= 0.6 is 11.8 Å². The first-order valence-corrected chi connectivity index (χ1v) is 14.8. The number of hydrogen-bond acceptors (Lipinski definition) is 6. The number of aliphatic hydroxyl groups is 1. The van der Waals surface area contributed by atoms with E-state index >= 15 is 0 Å². The maximum atomic E-state index is 13.2. The number of aliphatic imine (C=N–C) groups is 1. The first kappa shape index (κ1) is 27.8. The lowest BCUT2D eigenvalue weighted by atomic mass is 10.1. The van der Waals surface area contributed by atoms with Crippen molar-refractivity contribution in [1.29, 1.82) is 0 Å². The normalized spacial score (nSPS) is 17.8. The van der Waals surface area contributed by atoms with Gasteiger partial charge in [-0.1, -0.05) is 54.6 Å². The van der Waals surface area contributed by atoms with E-state index in [0.717, 1.165) is 59.9 Å². The number of rotatable bonds is 7. The molecule has 8 heteroatoms. The van der Waals surface area contributed by atoms with Gasteiger partial charge in [0.2, 0.25) is 5.91 Å². The van der Waals surface area contributed by atoms with Gasteiger partial charge < -0.3 is 19.3 Å². The zero-order valence-corrected chi connectivity index (χ0v) is 24.1. The average Bonchev–Trinajstić information content (AvgIpc) is 3.46. The van der Waals surface area contributed by atoms with Gasteiger partial charge in [0.05, 0.1) is 22.7 Å². The summed E-state index contributed by atoms with van der Waals surface area (Å²) in [6, 6.07) is 13.8. The highest BCUT2D eigenvalue weighted by molar-refractivity contribution is 8.18. The Balaban J connectivity index is 1.56. The Labute approximate surface area is 239 Å². The van der Waals surface area contributed by atoms with E-state index in [2.05, 4.69) is 18.0 Å². The molecule has 1 amide bonds. The number of fused-ring (bicyclic) bond motifs is 1. The lowest BCUT2D eigenvalue weighted by molar-refractivity contribution is -0.138. The summed E-state index contributed by atoms with van der Waals surface area (Å²) in [4.78, 5) is 33.2. The van der Waals surface area contributed by atoms with Crippen LogP contribution in [0.5, 0.6) is 0 Å². The number of nitrogens with zero attached hydrogens (tertiary/aromatic N) is 3. The van der Waals surface area contributed by atoms with Gasteiger partial charge in [0.15, 0.2) is 0 Å². The van der Waals surface area contributed by atoms with Crippen LogP contribution in [0.3, 0.4) is 0 Å². The van der Waals surface area contributed by atoms with E-state index in [0.29, 0.717) is 15.6 Å². The van der Waals surface area contributed by atoms with Crippen LogP contribution in [0.2, 0.25) is 0 Å². The van der Waals surface area contributed by atoms with Crippen LogP contribution in [-0.4, -0.2) is 51.2 Å². The Hall–Kier alpha value is -3.78. The molecule has 0 radical (unpaired) electrons. The Kier molecular flexibility index (Phi) is 8.45. The second-order valence-corrected chi connectivity index (χ2v) is 11.2. The standard InChI is InChI=1S/C32H35N3O4S/c1-4-22-10-9-11-25-23(19-35(29(22)25)20-27(36)34-16-7-6-8-17-34)18-26-30(37)28(32(38)39-5-2)31(40-26)33-24-14-12-21(3)13-15-24/h9-15,18-19,37H,4-8,16-17,20H2,1-3H3/b26-18-,33-31?. The van der Waals surface area contributed by atoms with E-state index in [4.69, 9.17) is 4.74 Å². The largest absolute Gasteiger partial charge is 0.506 e. The monoisotopic (exact) mass is 557 g/mol. The number of hydrogen-bond donors (Lipinski definition) is 1. The number of amides is 1. The van der Waals surface area contributed by atoms with Crippen LogP contribution in [0.25, 0.3) is 17.0 Å². The summed E-state index contributed by atoms with van der Waals surface area (Å²) in [6.45, 7) is 7.91. The molecular formula is C32H35N3O4S. The third-order valence-electron chi connectivity index (χ3n) is 7.33. The number of aliphatic hydroxyl groups excluding tert-OH is 1. The maximum absolute atomic E-state index is 13.2. The number of ether oxygens (including phenoxy) is 1. The minimum Gasteiger partial charge on any atom is -0.506 e. The number of aromatic nitrogens is 1. The van der Waals surface area contributed by atoms with E-state index in [-0.39, 0.29) is 30.4 Å². The minimum atomic E-state index is -0.607. The highest BCUT2D eigenvalue weighted by Crippen LogP contribution is 2.41. The van der Waals surface area contributed by atoms with Gasteiger partial charge in [0, 0.05) is 30.2 Å². The molecular weight excluding hydrogens is 522 g/mol. The molecule has 7 nitrogen and oxygen atoms in total. The van der Waals surface area contributed by atoms with Gasteiger partial charge in [-0.2, -0.15) is 0 Å². The molecule has 0 aliphatic carbocycles. The highest BCUT2D eigenvalue weighted by atomic mass is 32.2. The highest BCUT2D eigenvalue weighted by Gasteiger charge is 2.33. The maximum Gasteiger partial charge on any atom is 0.344 e. The molecule has 5 rings (SSSR count). The number of piperidine rings is 1. The van der Waals surface area contributed by atoms with Crippen LogP contribution in [0.1, 0.15) is 49.8 Å². The second-order valence-electron chi connectivity index (χ2n) is 10.1. The molecule has 1 fully saturated rings. The molecule has 2 aromatic carbocycles. The SMILES string of the molecule is CCOC(=O)C1=C(O)/C(=C/c2cn(CC(=O)N3CCCCC3)c3c(CC)cccc23)SC1=Nc1ccc(C)cc1. The molecule has 1 N–H and O–H groups in total. The van der Waals surface area contributed by atoms with Crippen molar-refractivity contribution in [2.75, 3.05) is 19.7 Å². The zero-order chi connectivity index (χ0) is 28.2. The molecule has 208 valence electrons. The van der Waals surface area contributed by atoms with Gasteiger partial charge >= 0.3 is 5.97 Å². The molecule has 1 saturated heterocycles. The van der Waals surface area contributed by atoms with Gasteiger partial charge in [-0.15, -0.1) is 0 Å². The number of carbonyl (C=O) groups is 2. The second kappa shape index (κ2) is 12.2. The van der Waals surface area contributed by atoms with Gasteiger partial charge in [-0.3, -0.25) is 4.79 Å². The van der Waals surface area contributed by atoms with Gasteiger partial charge in [-0.05, 0) is 63.3 Å². The number of para-hydroxylation sites is 1. The average molecular weight is 558 g/mol. The molecule has 2 aliphatic heterocycles. The number of benzene rings is 2. The summed E-state index contributed by atoms with van der Waals surface area (Å²) in [5.41, 5.74) is 4.90. The number of likely N-dealkylation sites (tertiary alicyclic amines) is 1. The first-order valence-electron chi connectivity index (χ1n) is 13.9. The van der Waals surface area contributed by atoms with Crippen molar-refractivity contribution in [2.45, 2.75) is 53.0 Å². The molecule has 1 aromatic heterocycles. The van der Waals surface area contributed by atoms with Crippen LogP contribution in [-0.2, 0) is 27.3 Å². The lowest BCUT2D eigenvalue weighted by Crippen LogP contribution is -2.37. The summed E-state index contributed by atoms with van der Waals surface area (Å²) in [5, 5.41) is 12.6. The lowest BCUT2D eigenvalue weighted by Gasteiger charge is -2.27. The number of esters is 1. The summed E-state index contributed by atoms with van der Waals surface area (Å²) >= 11 is 1.24. The Morgan fingerprint density at radius 2 is 1.82 bits per heavy atom. The van der Waals surface area contributed by atoms with Crippen molar-refractivity contribution in [3.8, 4) is 0 Å². The third-order valence-corrected chi connectivity index (χ3v) is 8.35. The number of carbonyl (C=O) groups excluding carboxylic acids is 2. The van der Waals surface area contributed by atoms with Crippen molar-refractivity contribution in [3.05, 3.63) is 81.6 Å². The van der Waals surface area contributed by atoms with E-state index in [1.165, 1.54) is 18.2 Å². The van der Waals surface area contributed by atoms with E-state index in [1.807, 2.05) is 65.1 Å². The van der Waals surface area contributed by atoms with Crippen molar-refractivity contribution in [1.82, 2.24) is 9.47 Å². The van der Waals surface area contributed by atoms with Crippen LogP contribution in [0.4, 0.5) is 5.69 Å². The van der Waals surface area contributed by atoms with Crippen molar-refractivity contribution < 1.29 is 19.4 Å². The molecule has 3 aromatic rings. The minimum absolute atomic E-state index is 0.0666. The Bertz CT molecular complexity index is 1530. The van der Waals surface area contributed by atoms with Crippen LogP contribution in [0.15, 0.2) is 69.9 Å². The Morgan fingerprint density at radius 1 is 1.07 bits per heavy atom. The molecule has 0 atom stereocenters. The molecule has 2 aliphatic rings. The topological polar surface area (TPSA) is 84.1 Å². The number of thioether (sulfide) groups is 1. The van der Waals surface area contributed by atoms with E-state index in [1.54, 1.807) is 6.92 Å². The fourth-order valence-electron chi connectivity index (χ4n) is 5.25. The molecule has 0 spiro atoms. The van der Waals surface area contributed by atoms with Crippen LogP contribution < -0.4 is 0 Å². The van der Waals surface area contributed by atoms with Gasteiger partial charge in [0.1, 0.15) is 22.9 Å². The van der Waals surface area contributed by atoms with Crippen molar-refractivity contribution in [2.24, 2.45) is 4.99 Å². The molecule has 0 unspecified atom stereocenters. The summed E-state index contributed by atoms with van der Waals surface area (Å²) in [7, 11) is 0. The predicted molar refractivity (Wildman–Crippen MR) is 162 cm³/mol. The molecule has 40 heavy (non-hydrogen) atoms. The molecule has 0 bridgehead atoms. The Morgan fingerprint density at radius 3 is 2.52 bits per heavy atom. The molecule has 3 heterocycles. The quantitative estimate of drug-likeness (QED) is 0.326. The smallest absolute Gasteiger partial charge is 0.344 e. The predicted octanol–water partition coefficient (Wildman–Crippen LogP) is 6.72. The fraction of sp³-hybridized carbons (Fsp3) is 0.344. The van der Waals surface area contributed by atoms with Crippen molar-refractivity contribution in [3.63, 3.8) is 0 Å². The summed E-state index contributed by atoms with van der Waals surface area (Å²) < 4.78 is 7.30. The summed E-state index contributed by atoms with van der Waals surface area (Å²) in [6.07, 6.45) is 7.95. The van der Waals surface area contributed by atoms with Crippen molar-refractivity contribution >= 4 is 51.3 Å². The third kappa shape index (κ3) is 5.72. The number of aryl methyl sites for hydroxylation is 2. The summed E-state index contributed by atoms with van der Waals surface area (Å²) in [5.74, 6) is -0.632. The first-order chi connectivity index (χ1) is 19.4. The zero-order valence-electron chi connectivity index (χ0n) is 23.3. The molecule has 0 saturated carbocycles. The van der Waals surface area contributed by atoms with Gasteiger partial charge in [-0.25, -0.2) is 9.79 Å². The van der Waals surface area contributed by atoms with Gasteiger partial charge in [0.25, 0.3) is 0 Å². The fourth-order valence-corrected chi connectivity index (χ4v) is 6.28. The van der Waals surface area contributed by atoms with E-state index < -0.39 is 5.97 Å². The van der Waals surface area contributed by atoms with E-state index in [9.17, 15) is 14.7 Å². The van der Waals surface area contributed by atoms with Crippen LogP contribution in [0, 0.1) is 6.92 Å².